The normalized spacial score (nSPS) is 14.8. The number of thioether (sulfide) groups is 1. The van der Waals surface area contributed by atoms with Gasteiger partial charge in [-0.25, -0.2) is 4.68 Å². The molecule has 0 aliphatic carbocycles. The number of para-hydroxylation sites is 1. The van der Waals surface area contributed by atoms with Crippen LogP contribution in [0.3, 0.4) is 0 Å². The zero-order chi connectivity index (χ0) is 23.4. The molecule has 168 valence electrons. The van der Waals surface area contributed by atoms with Crippen molar-refractivity contribution in [2.75, 3.05) is 13.2 Å². The van der Waals surface area contributed by atoms with Crippen LogP contribution in [0.1, 0.15) is 18.9 Å². The van der Waals surface area contributed by atoms with Crippen LogP contribution in [-0.4, -0.2) is 49.1 Å². The lowest BCUT2D eigenvalue weighted by atomic mass is 10.1. The molecule has 3 aromatic rings. The summed E-state index contributed by atoms with van der Waals surface area (Å²) >= 11 is 6.47. The third kappa shape index (κ3) is 5.15. The van der Waals surface area contributed by atoms with Crippen LogP contribution in [0.4, 0.5) is 0 Å². The van der Waals surface area contributed by atoms with Crippen LogP contribution >= 0.6 is 24.0 Å². The average molecular weight is 480 g/mol. The first-order chi connectivity index (χ1) is 16.0. The van der Waals surface area contributed by atoms with Crippen LogP contribution in [0.2, 0.25) is 0 Å². The van der Waals surface area contributed by atoms with Gasteiger partial charge in [0.05, 0.1) is 29.3 Å². The van der Waals surface area contributed by atoms with Gasteiger partial charge in [-0.2, -0.15) is 5.10 Å². The van der Waals surface area contributed by atoms with E-state index in [1.807, 2.05) is 67.7 Å². The summed E-state index contributed by atoms with van der Waals surface area (Å²) in [7, 11) is 0. The first-order valence-electron chi connectivity index (χ1n) is 10.3. The SMILES string of the molecule is CCOc1ccc(-c2nn(-c3ccccc3)cc2C=C2SC(=S)N(CCC(=O)O)C2=O)cc1. The summed E-state index contributed by atoms with van der Waals surface area (Å²) in [5.74, 6) is -0.504. The molecule has 0 radical (unpaired) electrons. The number of carboxylic acid groups (broad SMARTS) is 1. The van der Waals surface area contributed by atoms with Crippen LogP contribution < -0.4 is 4.74 Å². The lowest BCUT2D eigenvalue weighted by Crippen LogP contribution is -2.30. The maximum atomic E-state index is 12.9. The van der Waals surface area contributed by atoms with Crippen molar-refractivity contribution in [2.45, 2.75) is 13.3 Å². The number of hydrogen-bond donors (Lipinski definition) is 1. The van der Waals surface area contributed by atoms with Crippen molar-refractivity contribution < 1.29 is 19.4 Å². The zero-order valence-electron chi connectivity index (χ0n) is 17.8. The Morgan fingerprint density at radius 2 is 1.91 bits per heavy atom. The molecule has 1 aromatic heterocycles. The molecular formula is C24H21N3O4S2. The van der Waals surface area contributed by atoms with Crippen molar-refractivity contribution in [1.29, 1.82) is 0 Å². The van der Waals surface area contributed by atoms with Gasteiger partial charge in [0, 0.05) is 23.9 Å². The van der Waals surface area contributed by atoms with Crippen LogP contribution in [0.15, 0.2) is 65.7 Å². The van der Waals surface area contributed by atoms with Gasteiger partial charge in [-0.1, -0.05) is 42.2 Å². The molecule has 1 saturated heterocycles. The number of nitrogens with zero attached hydrogens (tertiary/aromatic N) is 3. The van der Waals surface area contributed by atoms with E-state index in [9.17, 15) is 9.59 Å². The molecule has 0 unspecified atom stereocenters. The van der Waals surface area contributed by atoms with Gasteiger partial charge in [0.1, 0.15) is 10.1 Å². The minimum absolute atomic E-state index is 0.0480. The third-order valence-corrected chi connectivity index (χ3v) is 6.29. The first kappa shape index (κ1) is 22.8. The Balaban J connectivity index is 1.72. The summed E-state index contributed by atoms with van der Waals surface area (Å²) in [6.45, 7) is 2.56. The fraction of sp³-hybridized carbons (Fsp3) is 0.167. The summed E-state index contributed by atoms with van der Waals surface area (Å²) < 4.78 is 7.66. The molecule has 0 bridgehead atoms. The second-order valence-electron chi connectivity index (χ2n) is 7.15. The zero-order valence-corrected chi connectivity index (χ0v) is 19.4. The Morgan fingerprint density at radius 1 is 1.18 bits per heavy atom. The van der Waals surface area contributed by atoms with Gasteiger partial charge < -0.3 is 9.84 Å². The molecule has 2 heterocycles. The lowest BCUT2D eigenvalue weighted by Gasteiger charge is -2.12. The van der Waals surface area contributed by atoms with Crippen LogP contribution in [0.5, 0.6) is 5.75 Å². The molecule has 7 nitrogen and oxygen atoms in total. The van der Waals surface area contributed by atoms with E-state index in [0.717, 1.165) is 22.6 Å². The van der Waals surface area contributed by atoms with E-state index in [1.54, 1.807) is 10.8 Å². The summed E-state index contributed by atoms with van der Waals surface area (Å²) in [6.07, 6.45) is 3.46. The fourth-order valence-electron chi connectivity index (χ4n) is 3.35. The maximum Gasteiger partial charge on any atom is 0.305 e. The van der Waals surface area contributed by atoms with Gasteiger partial charge in [-0.3, -0.25) is 14.5 Å². The van der Waals surface area contributed by atoms with Gasteiger partial charge in [0.2, 0.25) is 0 Å². The summed E-state index contributed by atoms with van der Waals surface area (Å²) in [4.78, 5) is 25.6. The highest BCUT2D eigenvalue weighted by molar-refractivity contribution is 8.26. The van der Waals surface area contributed by atoms with E-state index in [1.165, 1.54) is 16.7 Å². The fourth-order valence-corrected chi connectivity index (χ4v) is 4.65. The minimum atomic E-state index is -0.977. The highest BCUT2D eigenvalue weighted by atomic mass is 32.2. The second-order valence-corrected chi connectivity index (χ2v) is 8.82. The Bertz CT molecular complexity index is 1220. The molecule has 1 N–H and O–H groups in total. The van der Waals surface area contributed by atoms with Crippen molar-refractivity contribution in [3.63, 3.8) is 0 Å². The Kier molecular flexibility index (Phi) is 6.90. The second kappa shape index (κ2) is 10.0. The smallest absolute Gasteiger partial charge is 0.305 e. The predicted octanol–water partition coefficient (Wildman–Crippen LogP) is 4.61. The molecule has 33 heavy (non-hydrogen) atoms. The number of thiocarbonyl (C=S) groups is 1. The molecule has 0 spiro atoms. The quantitative estimate of drug-likeness (QED) is 0.373. The number of ether oxygens (including phenoxy) is 1. The molecule has 4 rings (SSSR count). The Hall–Kier alpha value is -3.43. The average Bonchev–Trinajstić information content (AvgIpc) is 3.34. The summed E-state index contributed by atoms with van der Waals surface area (Å²) in [6, 6.07) is 17.3. The standard InChI is InChI=1S/C24H21N3O4S2/c1-2-31-19-10-8-16(9-11-19)22-17(15-27(25-22)18-6-4-3-5-7-18)14-20-23(30)26(24(32)33-20)13-12-21(28)29/h3-11,14-15H,2,12-13H2,1H3,(H,28,29). The van der Waals surface area contributed by atoms with Gasteiger partial charge in [-0.15, -0.1) is 0 Å². The van der Waals surface area contributed by atoms with Gasteiger partial charge in [-0.05, 0) is 49.4 Å². The largest absolute Gasteiger partial charge is 0.494 e. The lowest BCUT2D eigenvalue weighted by molar-refractivity contribution is -0.137. The molecule has 1 aliphatic rings. The minimum Gasteiger partial charge on any atom is -0.494 e. The Morgan fingerprint density at radius 3 is 2.58 bits per heavy atom. The Labute approximate surface area is 200 Å². The molecule has 0 saturated carbocycles. The monoisotopic (exact) mass is 479 g/mol. The van der Waals surface area contributed by atoms with E-state index in [-0.39, 0.29) is 18.9 Å². The number of rotatable bonds is 8. The molecule has 1 aliphatic heterocycles. The van der Waals surface area contributed by atoms with E-state index < -0.39 is 5.97 Å². The summed E-state index contributed by atoms with van der Waals surface area (Å²) in [5, 5.41) is 13.7. The number of carboxylic acids is 1. The van der Waals surface area contributed by atoms with Crippen LogP contribution in [0, 0.1) is 0 Å². The van der Waals surface area contributed by atoms with E-state index >= 15 is 0 Å². The van der Waals surface area contributed by atoms with Crippen molar-refractivity contribution in [1.82, 2.24) is 14.7 Å². The van der Waals surface area contributed by atoms with Gasteiger partial charge in [0.25, 0.3) is 5.91 Å². The van der Waals surface area contributed by atoms with Crippen LogP contribution in [0.25, 0.3) is 23.0 Å². The van der Waals surface area contributed by atoms with Gasteiger partial charge >= 0.3 is 5.97 Å². The first-order valence-corrected chi connectivity index (χ1v) is 11.5. The third-order valence-electron chi connectivity index (χ3n) is 4.91. The number of carbonyl (C=O) groups is 2. The highest BCUT2D eigenvalue weighted by Crippen LogP contribution is 2.35. The predicted molar refractivity (Wildman–Crippen MR) is 132 cm³/mol. The van der Waals surface area contributed by atoms with Gasteiger partial charge in [0.15, 0.2) is 0 Å². The highest BCUT2D eigenvalue weighted by Gasteiger charge is 2.32. The van der Waals surface area contributed by atoms with E-state index in [2.05, 4.69) is 0 Å². The van der Waals surface area contributed by atoms with Crippen LogP contribution in [-0.2, 0) is 9.59 Å². The van der Waals surface area contributed by atoms with Crippen molar-refractivity contribution in [3.05, 3.63) is 71.3 Å². The maximum absolute atomic E-state index is 12.9. The number of amides is 1. The van der Waals surface area contributed by atoms with E-state index in [4.69, 9.17) is 27.2 Å². The number of benzene rings is 2. The van der Waals surface area contributed by atoms with E-state index in [0.29, 0.717) is 21.5 Å². The van der Waals surface area contributed by atoms with Crippen molar-refractivity contribution in [3.8, 4) is 22.7 Å². The number of aromatic nitrogens is 2. The molecular weight excluding hydrogens is 458 g/mol. The number of carbonyl (C=O) groups excluding carboxylic acids is 1. The molecule has 1 fully saturated rings. The van der Waals surface area contributed by atoms with Crippen molar-refractivity contribution >= 4 is 46.3 Å². The number of hydrogen-bond acceptors (Lipinski definition) is 6. The molecule has 9 heteroatoms. The molecule has 2 aromatic carbocycles. The topological polar surface area (TPSA) is 84.7 Å². The number of aliphatic carboxylic acids is 1. The summed E-state index contributed by atoms with van der Waals surface area (Å²) in [5.41, 5.74) is 3.22. The molecule has 0 atom stereocenters. The molecule has 1 amide bonds. The van der Waals surface area contributed by atoms with Crippen molar-refractivity contribution in [2.24, 2.45) is 0 Å².